The van der Waals surface area contributed by atoms with Crippen molar-refractivity contribution in [1.29, 1.82) is 0 Å². The number of aliphatic carboxylic acids is 2. The average molecular weight is 521 g/mol. The molecule has 12 nitrogen and oxygen atoms in total. The SMILES string of the molecule is CC[C@@]1(OC(=O)CN(CC(=O)O)CC(=O)O)C(=O)OCc2c1cc1n(c2=O)Cc2cc3ccccc3nc2-1. The number of pyridine rings is 2. The molecule has 5 rings (SSSR count). The van der Waals surface area contributed by atoms with Crippen LogP contribution in [0.25, 0.3) is 22.3 Å². The number of hydrogen-bond acceptors (Lipinski definition) is 9. The highest BCUT2D eigenvalue weighted by Gasteiger charge is 2.50. The Labute approximate surface area is 215 Å². The highest BCUT2D eigenvalue weighted by molar-refractivity contribution is 5.89. The van der Waals surface area contributed by atoms with Crippen LogP contribution < -0.4 is 5.56 Å². The number of carboxylic acids is 2. The van der Waals surface area contributed by atoms with E-state index in [1.165, 1.54) is 4.57 Å². The monoisotopic (exact) mass is 521 g/mol. The lowest BCUT2D eigenvalue weighted by Gasteiger charge is -2.36. The number of nitrogens with zero attached hydrogens (tertiary/aromatic N) is 3. The molecule has 0 amide bonds. The highest BCUT2D eigenvalue weighted by atomic mass is 16.6. The second kappa shape index (κ2) is 9.38. The van der Waals surface area contributed by atoms with Crippen LogP contribution in [0.15, 0.2) is 41.2 Å². The first-order chi connectivity index (χ1) is 18.1. The summed E-state index contributed by atoms with van der Waals surface area (Å²) in [5, 5.41) is 19.0. The number of hydrogen-bond donors (Lipinski definition) is 2. The van der Waals surface area contributed by atoms with Crippen LogP contribution in [0.2, 0.25) is 0 Å². The summed E-state index contributed by atoms with van der Waals surface area (Å²) >= 11 is 0. The summed E-state index contributed by atoms with van der Waals surface area (Å²) in [5.74, 6) is -4.59. The summed E-state index contributed by atoms with van der Waals surface area (Å²) in [6, 6.07) is 11.1. The molecule has 12 heteroatoms. The van der Waals surface area contributed by atoms with Crippen LogP contribution in [0.5, 0.6) is 0 Å². The van der Waals surface area contributed by atoms with E-state index in [1.807, 2.05) is 30.3 Å². The summed E-state index contributed by atoms with van der Waals surface area (Å²) < 4.78 is 12.4. The Morgan fingerprint density at radius 1 is 1.11 bits per heavy atom. The molecule has 0 aliphatic carbocycles. The minimum absolute atomic E-state index is 0.0800. The third kappa shape index (κ3) is 4.18. The molecule has 0 fully saturated rings. The maximum absolute atomic E-state index is 13.5. The van der Waals surface area contributed by atoms with E-state index in [2.05, 4.69) is 0 Å². The lowest BCUT2D eigenvalue weighted by atomic mass is 9.85. The first-order valence-corrected chi connectivity index (χ1v) is 11.8. The van der Waals surface area contributed by atoms with E-state index < -0.39 is 54.7 Å². The van der Waals surface area contributed by atoms with Gasteiger partial charge in [0.25, 0.3) is 5.56 Å². The van der Waals surface area contributed by atoms with Crippen LogP contribution in [0, 0.1) is 0 Å². The van der Waals surface area contributed by atoms with Crippen molar-refractivity contribution >= 4 is 34.8 Å². The van der Waals surface area contributed by atoms with E-state index in [9.17, 15) is 24.0 Å². The molecule has 0 spiro atoms. The number of carbonyl (C=O) groups excluding carboxylic acids is 2. The van der Waals surface area contributed by atoms with Gasteiger partial charge in [-0.25, -0.2) is 9.78 Å². The topological polar surface area (TPSA) is 165 Å². The number of esters is 2. The van der Waals surface area contributed by atoms with Gasteiger partial charge in [-0.2, -0.15) is 0 Å². The molecule has 2 aliphatic rings. The van der Waals surface area contributed by atoms with Crippen molar-refractivity contribution in [3.63, 3.8) is 0 Å². The Hall–Kier alpha value is -4.58. The van der Waals surface area contributed by atoms with Crippen LogP contribution in [-0.4, -0.2) is 68.2 Å². The molecule has 0 saturated heterocycles. The Bertz CT molecular complexity index is 1560. The fourth-order valence-electron chi connectivity index (χ4n) is 5.04. The van der Waals surface area contributed by atoms with E-state index in [-0.39, 0.29) is 30.7 Å². The van der Waals surface area contributed by atoms with Gasteiger partial charge in [-0.3, -0.25) is 24.1 Å². The number of carboxylic acid groups (broad SMARTS) is 2. The third-order valence-corrected chi connectivity index (χ3v) is 6.74. The van der Waals surface area contributed by atoms with Crippen molar-refractivity contribution in [3.8, 4) is 11.4 Å². The van der Waals surface area contributed by atoms with E-state index in [0.29, 0.717) is 11.4 Å². The standard InChI is InChI=1S/C26H23N3O9/c1-2-26(38-22(34)12-28(10-20(30)31)11-21(32)33)17-8-19-23-15(7-14-5-3-4-6-18(14)27-23)9-29(19)24(35)16(17)13-37-25(26)36/h3-8H,2,9-13H2,1H3,(H,30,31)(H,32,33)/t26-/m0/s1. The molecule has 0 unspecified atom stereocenters. The molecule has 1 atom stereocenters. The molecule has 2 aromatic heterocycles. The average Bonchev–Trinajstić information content (AvgIpc) is 3.21. The summed E-state index contributed by atoms with van der Waals surface area (Å²) in [4.78, 5) is 67.4. The fourth-order valence-corrected chi connectivity index (χ4v) is 5.04. The number of carbonyl (C=O) groups is 4. The molecular weight excluding hydrogens is 498 g/mol. The Balaban J connectivity index is 1.57. The zero-order chi connectivity index (χ0) is 27.2. The minimum Gasteiger partial charge on any atom is -0.480 e. The van der Waals surface area contributed by atoms with Gasteiger partial charge in [0, 0.05) is 16.5 Å². The normalized spacial score (nSPS) is 17.5. The molecule has 0 radical (unpaired) electrons. The quantitative estimate of drug-likeness (QED) is 0.319. The second-order valence-electron chi connectivity index (χ2n) is 9.17. The number of benzene rings is 1. The van der Waals surface area contributed by atoms with Gasteiger partial charge >= 0.3 is 23.9 Å². The van der Waals surface area contributed by atoms with Crippen molar-refractivity contribution < 1.29 is 38.9 Å². The minimum atomic E-state index is -1.98. The van der Waals surface area contributed by atoms with Gasteiger partial charge in [0.05, 0.1) is 48.6 Å². The molecule has 4 heterocycles. The smallest absolute Gasteiger partial charge is 0.355 e. The summed E-state index contributed by atoms with van der Waals surface area (Å²) in [7, 11) is 0. The number of ether oxygens (including phenoxy) is 2. The Kier molecular flexibility index (Phi) is 6.19. The number of aromatic nitrogens is 2. The molecule has 0 saturated carbocycles. The number of rotatable bonds is 8. The Morgan fingerprint density at radius 3 is 2.50 bits per heavy atom. The van der Waals surface area contributed by atoms with E-state index in [1.54, 1.807) is 13.0 Å². The molecule has 2 aliphatic heterocycles. The van der Waals surface area contributed by atoms with Gasteiger partial charge in [0.1, 0.15) is 6.61 Å². The second-order valence-corrected chi connectivity index (χ2v) is 9.17. The first kappa shape index (κ1) is 25.1. The van der Waals surface area contributed by atoms with Crippen molar-refractivity contribution in [2.75, 3.05) is 19.6 Å². The Morgan fingerprint density at radius 2 is 1.82 bits per heavy atom. The molecular formula is C26H23N3O9. The number of fused-ring (bicyclic) bond motifs is 5. The van der Waals surface area contributed by atoms with Gasteiger partial charge in [0.15, 0.2) is 0 Å². The van der Waals surface area contributed by atoms with Gasteiger partial charge in [-0.05, 0) is 24.6 Å². The highest BCUT2D eigenvalue weighted by Crippen LogP contribution is 2.41. The van der Waals surface area contributed by atoms with Crippen molar-refractivity contribution in [3.05, 3.63) is 63.4 Å². The van der Waals surface area contributed by atoms with E-state index in [4.69, 9.17) is 24.7 Å². The molecule has 0 bridgehead atoms. The van der Waals surface area contributed by atoms with Crippen LogP contribution in [0.1, 0.15) is 30.0 Å². The number of para-hydroxylation sites is 1. The molecule has 38 heavy (non-hydrogen) atoms. The van der Waals surface area contributed by atoms with Crippen LogP contribution in [0.4, 0.5) is 0 Å². The predicted molar refractivity (Wildman–Crippen MR) is 130 cm³/mol. The molecule has 196 valence electrons. The van der Waals surface area contributed by atoms with Crippen molar-refractivity contribution in [1.82, 2.24) is 14.5 Å². The van der Waals surface area contributed by atoms with Crippen molar-refractivity contribution in [2.24, 2.45) is 0 Å². The van der Waals surface area contributed by atoms with Crippen LogP contribution in [0.3, 0.4) is 0 Å². The molecule has 1 aromatic carbocycles. The van der Waals surface area contributed by atoms with Crippen LogP contribution >= 0.6 is 0 Å². The first-order valence-electron chi connectivity index (χ1n) is 11.8. The molecule has 2 N–H and O–H groups in total. The maximum Gasteiger partial charge on any atom is 0.355 e. The van der Waals surface area contributed by atoms with Gasteiger partial charge < -0.3 is 24.3 Å². The maximum atomic E-state index is 13.5. The summed E-state index contributed by atoms with van der Waals surface area (Å²) in [6.07, 6.45) is -0.0800. The van der Waals surface area contributed by atoms with E-state index >= 15 is 0 Å². The zero-order valence-electron chi connectivity index (χ0n) is 20.3. The van der Waals surface area contributed by atoms with E-state index in [0.717, 1.165) is 21.4 Å². The lowest BCUT2D eigenvalue weighted by molar-refractivity contribution is -0.190. The van der Waals surface area contributed by atoms with Gasteiger partial charge in [-0.1, -0.05) is 25.1 Å². The third-order valence-electron chi connectivity index (χ3n) is 6.74. The number of cyclic esters (lactones) is 1. The van der Waals surface area contributed by atoms with Gasteiger partial charge in [0.2, 0.25) is 5.60 Å². The van der Waals surface area contributed by atoms with Crippen LogP contribution in [-0.2, 0) is 47.4 Å². The lowest BCUT2D eigenvalue weighted by Crippen LogP contribution is -2.49. The van der Waals surface area contributed by atoms with Gasteiger partial charge in [-0.15, -0.1) is 0 Å². The van der Waals surface area contributed by atoms with Crippen molar-refractivity contribution in [2.45, 2.75) is 32.1 Å². The zero-order valence-corrected chi connectivity index (χ0v) is 20.3. The molecule has 3 aromatic rings. The summed E-state index contributed by atoms with van der Waals surface area (Å²) in [5.41, 5.74) is 0.558. The fraction of sp³-hybridized carbons (Fsp3) is 0.308. The largest absolute Gasteiger partial charge is 0.480 e. The summed E-state index contributed by atoms with van der Waals surface area (Å²) in [6.45, 7) is -0.605. The predicted octanol–water partition coefficient (Wildman–Crippen LogP) is 1.10.